The van der Waals surface area contributed by atoms with Gasteiger partial charge in [0.25, 0.3) is 0 Å². The van der Waals surface area contributed by atoms with E-state index in [-0.39, 0.29) is 5.91 Å². The van der Waals surface area contributed by atoms with Gasteiger partial charge in [0.15, 0.2) is 0 Å². The molecule has 2 rings (SSSR count). The number of aromatic nitrogens is 1. The van der Waals surface area contributed by atoms with Gasteiger partial charge in [0.05, 0.1) is 12.8 Å². The summed E-state index contributed by atoms with van der Waals surface area (Å²) < 4.78 is 5.08. The van der Waals surface area contributed by atoms with Crippen molar-refractivity contribution >= 4 is 23.5 Å². The van der Waals surface area contributed by atoms with Crippen molar-refractivity contribution in [2.24, 2.45) is 0 Å². The molecular weight excluding hydrogens is 266 g/mol. The summed E-state index contributed by atoms with van der Waals surface area (Å²) >= 11 is 0. The van der Waals surface area contributed by atoms with Crippen LogP contribution in [0.4, 0.5) is 11.5 Å². The molecule has 0 aliphatic rings. The number of nitrogen functional groups attached to an aromatic ring is 1. The first-order valence-electron chi connectivity index (χ1n) is 6.44. The topological polar surface area (TPSA) is 77.2 Å². The molecule has 5 heteroatoms. The molecule has 3 N–H and O–H groups in total. The fourth-order valence-corrected chi connectivity index (χ4v) is 1.80. The smallest absolute Gasteiger partial charge is 0.249 e. The number of nitrogens with zero attached hydrogens (tertiary/aromatic N) is 1. The number of carbonyl (C=O) groups excluding carboxylic acids is 1. The number of anilines is 2. The second-order valence-corrected chi connectivity index (χ2v) is 4.54. The minimum atomic E-state index is -0.248. The second kappa shape index (κ2) is 6.56. The summed E-state index contributed by atoms with van der Waals surface area (Å²) in [7, 11) is 1.56. The molecule has 0 saturated heterocycles. The maximum absolute atomic E-state index is 11.8. The van der Waals surface area contributed by atoms with Crippen molar-refractivity contribution in [1.29, 1.82) is 0 Å². The summed E-state index contributed by atoms with van der Waals surface area (Å²) in [5.41, 5.74) is 8.19. The molecule has 0 unspecified atom stereocenters. The van der Waals surface area contributed by atoms with Crippen molar-refractivity contribution in [3.63, 3.8) is 0 Å². The van der Waals surface area contributed by atoms with Gasteiger partial charge in [-0.1, -0.05) is 6.07 Å². The van der Waals surface area contributed by atoms with Crippen LogP contribution in [0, 0.1) is 6.92 Å². The van der Waals surface area contributed by atoms with E-state index in [0.29, 0.717) is 17.3 Å². The Bertz CT molecular complexity index is 681. The largest absolute Gasteiger partial charge is 0.495 e. The van der Waals surface area contributed by atoms with Crippen molar-refractivity contribution in [1.82, 2.24) is 4.98 Å². The third-order valence-electron chi connectivity index (χ3n) is 2.85. The van der Waals surface area contributed by atoms with E-state index in [1.54, 1.807) is 37.6 Å². The van der Waals surface area contributed by atoms with Crippen LogP contribution in [-0.2, 0) is 4.79 Å². The monoisotopic (exact) mass is 283 g/mol. The second-order valence-electron chi connectivity index (χ2n) is 4.54. The van der Waals surface area contributed by atoms with Gasteiger partial charge in [0.2, 0.25) is 5.91 Å². The Morgan fingerprint density at radius 3 is 2.81 bits per heavy atom. The van der Waals surface area contributed by atoms with Crippen molar-refractivity contribution in [2.45, 2.75) is 6.92 Å². The normalized spacial score (nSPS) is 10.6. The minimum absolute atomic E-state index is 0.248. The van der Waals surface area contributed by atoms with Crippen LogP contribution in [0.3, 0.4) is 0 Å². The van der Waals surface area contributed by atoms with Crippen molar-refractivity contribution in [3.8, 4) is 5.75 Å². The molecule has 0 bridgehead atoms. The summed E-state index contributed by atoms with van der Waals surface area (Å²) in [6, 6.07) is 9.00. The number of hydrogen-bond donors (Lipinski definition) is 2. The van der Waals surface area contributed by atoms with E-state index in [1.807, 2.05) is 19.1 Å². The van der Waals surface area contributed by atoms with Gasteiger partial charge in [-0.05, 0) is 48.4 Å². The Balaban J connectivity index is 2.03. The molecule has 0 saturated carbocycles. The first-order valence-corrected chi connectivity index (χ1v) is 6.44. The zero-order valence-electron chi connectivity index (χ0n) is 12.0. The number of amides is 1. The molecule has 0 atom stereocenters. The number of rotatable bonds is 4. The zero-order valence-corrected chi connectivity index (χ0v) is 12.0. The van der Waals surface area contributed by atoms with Gasteiger partial charge < -0.3 is 15.8 Å². The Morgan fingerprint density at radius 2 is 2.14 bits per heavy atom. The van der Waals surface area contributed by atoms with Crippen LogP contribution in [-0.4, -0.2) is 18.0 Å². The van der Waals surface area contributed by atoms with Gasteiger partial charge in [0, 0.05) is 12.3 Å². The van der Waals surface area contributed by atoms with Crippen LogP contribution in [0.2, 0.25) is 0 Å². The summed E-state index contributed by atoms with van der Waals surface area (Å²) in [6.45, 7) is 1.94. The molecule has 1 aromatic heterocycles. The summed E-state index contributed by atoms with van der Waals surface area (Å²) in [6.07, 6.45) is 4.77. The number of hydrogen-bond acceptors (Lipinski definition) is 4. The van der Waals surface area contributed by atoms with Gasteiger partial charge in [-0.25, -0.2) is 4.98 Å². The Morgan fingerprint density at radius 1 is 1.33 bits per heavy atom. The molecule has 5 nitrogen and oxygen atoms in total. The molecular formula is C16H17N3O2. The highest BCUT2D eigenvalue weighted by Gasteiger charge is 2.01. The van der Waals surface area contributed by atoms with Gasteiger partial charge in [-0.15, -0.1) is 0 Å². The molecule has 1 aromatic carbocycles. The molecule has 21 heavy (non-hydrogen) atoms. The number of pyridine rings is 1. The van der Waals surface area contributed by atoms with E-state index in [2.05, 4.69) is 10.3 Å². The fraction of sp³-hybridized carbons (Fsp3) is 0.125. The molecule has 2 aromatic rings. The van der Waals surface area contributed by atoms with Gasteiger partial charge in [0.1, 0.15) is 11.6 Å². The van der Waals surface area contributed by atoms with Crippen LogP contribution in [0.5, 0.6) is 5.75 Å². The molecule has 108 valence electrons. The van der Waals surface area contributed by atoms with Gasteiger partial charge >= 0.3 is 0 Å². The molecule has 1 amide bonds. The highest BCUT2D eigenvalue weighted by molar-refractivity contribution is 6.01. The third kappa shape index (κ3) is 4.07. The number of carbonyl (C=O) groups is 1. The number of benzene rings is 1. The lowest BCUT2D eigenvalue weighted by molar-refractivity contribution is -0.111. The van der Waals surface area contributed by atoms with Crippen LogP contribution in [0.1, 0.15) is 11.1 Å². The predicted octanol–water partition coefficient (Wildman–Crippen LogP) is 2.63. The van der Waals surface area contributed by atoms with Crippen molar-refractivity contribution in [3.05, 3.63) is 53.7 Å². The third-order valence-corrected chi connectivity index (χ3v) is 2.85. The minimum Gasteiger partial charge on any atom is -0.495 e. The Kier molecular flexibility index (Phi) is 4.56. The van der Waals surface area contributed by atoms with E-state index in [1.165, 1.54) is 6.08 Å². The lowest BCUT2D eigenvalue weighted by Gasteiger charge is -2.04. The van der Waals surface area contributed by atoms with Crippen LogP contribution in [0.15, 0.2) is 42.6 Å². The van der Waals surface area contributed by atoms with Gasteiger partial charge in [-0.2, -0.15) is 0 Å². The Labute approximate surface area is 123 Å². The summed E-state index contributed by atoms with van der Waals surface area (Å²) in [5, 5.41) is 2.70. The SMILES string of the molecule is COc1ccc(/C=C\C(=O)Nc2cc(C)ccn2)cc1N. The highest BCUT2D eigenvalue weighted by atomic mass is 16.5. The van der Waals surface area contributed by atoms with Crippen LogP contribution >= 0.6 is 0 Å². The number of nitrogens with one attached hydrogen (secondary N) is 1. The number of ether oxygens (including phenoxy) is 1. The summed E-state index contributed by atoms with van der Waals surface area (Å²) in [4.78, 5) is 15.9. The standard InChI is InChI=1S/C16H17N3O2/c1-11-7-8-18-15(9-11)19-16(20)6-4-12-3-5-14(21-2)13(17)10-12/h3-10H,17H2,1-2H3,(H,18,19,20)/b6-4-. The molecule has 0 aliphatic heterocycles. The zero-order chi connectivity index (χ0) is 15.2. The van der Waals surface area contributed by atoms with Crippen LogP contribution in [0.25, 0.3) is 6.08 Å². The lowest BCUT2D eigenvalue weighted by Crippen LogP contribution is -2.09. The maximum Gasteiger partial charge on any atom is 0.249 e. The number of aryl methyl sites for hydroxylation is 1. The average molecular weight is 283 g/mol. The number of nitrogens with two attached hydrogens (primary N) is 1. The fourth-order valence-electron chi connectivity index (χ4n) is 1.80. The van der Waals surface area contributed by atoms with E-state index in [4.69, 9.17) is 10.5 Å². The molecule has 0 fully saturated rings. The first kappa shape index (κ1) is 14.6. The van der Waals surface area contributed by atoms with E-state index in [0.717, 1.165) is 11.1 Å². The Hall–Kier alpha value is -2.82. The van der Waals surface area contributed by atoms with E-state index >= 15 is 0 Å². The quantitative estimate of drug-likeness (QED) is 0.668. The molecule has 0 spiro atoms. The van der Waals surface area contributed by atoms with E-state index in [9.17, 15) is 4.79 Å². The average Bonchev–Trinajstić information content (AvgIpc) is 2.45. The first-order chi connectivity index (χ1) is 10.1. The molecule has 0 aliphatic carbocycles. The summed E-state index contributed by atoms with van der Waals surface area (Å²) in [5.74, 6) is 0.891. The molecule has 1 heterocycles. The number of methoxy groups -OCH3 is 1. The van der Waals surface area contributed by atoms with E-state index < -0.39 is 0 Å². The lowest BCUT2D eigenvalue weighted by atomic mass is 10.1. The van der Waals surface area contributed by atoms with Crippen molar-refractivity contribution < 1.29 is 9.53 Å². The van der Waals surface area contributed by atoms with Gasteiger partial charge in [-0.3, -0.25) is 4.79 Å². The molecule has 0 radical (unpaired) electrons. The maximum atomic E-state index is 11.8. The predicted molar refractivity (Wildman–Crippen MR) is 84.0 cm³/mol. The highest BCUT2D eigenvalue weighted by Crippen LogP contribution is 2.22. The van der Waals surface area contributed by atoms with Crippen molar-refractivity contribution in [2.75, 3.05) is 18.2 Å². The van der Waals surface area contributed by atoms with Crippen LogP contribution < -0.4 is 15.8 Å².